The summed E-state index contributed by atoms with van der Waals surface area (Å²) < 4.78 is 27.2. The first-order valence-electron chi connectivity index (χ1n) is 6.66. The molecule has 0 bridgehead atoms. The molecule has 2 N–H and O–H groups in total. The Morgan fingerprint density at radius 3 is 2.50 bits per heavy atom. The zero-order valence-corrected chi connectivity index (χ0v) is 11.9. The van der Waals surface area contributed by atoms with Gasteiger partial charge < -0.3 is 5.11 Å². The molecule has 20 heavy (non-hydrogen) atoms. The van der Waals surface area contributed by atoms with Crippen molar-refractivity contribution in [2.45, 2.75) is 36.6 Å². The van der Waals surface area contributed by atoms with E-state index in [9.17, 15) is 8.42 Å². The second kappa shape index (κ2) is 6.35. The summed E-state index contributed by atoms with van der Waals surface area (Å²) in [5.74, 6) is 0.342. The van der Waals surface area contributed by atoms with E-state index < -0.39 is 10.0 Å². The van der Waals surface area contributed by atoms with E-state index in [1.807, 2.05) is 6.07 Å². The Labute approximate surface area is 119 Å². The normalized spacial score (nSPS) is 16.6. The molecule has 1 aromatic rings. The molecule has 0 aromatic heterocycles. The van der Waals surface area contributed by atoms with Gasteiger partial charge in [-0.25, -0.2) is 13.1 Å². The van der Waals surface area contributed by atoms with Crippen molar-refractivity contribution in [3.05, 3.63) is 29.8 Å². The highest BCUT2D eigenvalue weighted by molar-refractivity contribution is 7.89. The lowest BCUT2D eigenvalue weighted by atomic mass is 10.1. The Hall–Kier alpha value is -1.42. The number of nitriles is 1. The molecule has 1 aliphatic rings. The molecule has 0 heterocycles. The Balaban J connectivity index is 2.10. The van der Waals surface area contributed by atoms with Crippen molar-refractivity contribution in [3.63, 3.8) is 0 Å². The molecular weight excluding hydrogens is 276 g/mol. The third-order valence-corrected chi connectivity index (χ3v) is 4.96. The Kier molecular flexibility index (Phi) is 4.76. The zero-order valence-electron chi connectivity index (χ0n) is 11.1. The van der Waals surface area contributed by atoms with E-state index in [0.717, 1.165) is 18.4 Å². The number of aliphatic hydroxyl groups is 1. The summed E-state index contributed by atoms with van der Waals surface area (Å²) in [7, 11) is -3.56. The van der Waals surface area contributed by atoms with Gasteiger partial charge in [-0.3, -0.25) is 0 Å². The number of hydrogen-bond acceptors (Lipinski definition) is 4. The smallest absolute Gasteiger partial charge is 0.240 e. The molecule has 1 fully saturated rings. The maximum Gasteiger partial charge on any atom is 0.240 e. The Bertz CT molecular complexity index is 586. The second-order valence-electron chi connectivity index (χ2n) is 5.06. The first kappa shape index (κ1) is 15.0. The van der Waals surface area contributed by atoms with E-state index in [0.29, 0.717) is 12.3 Å². The lowest BCUT2D eigenvalue weighted by molar-refractivity contribution is 0.265. The number of rotatable bonds is 7. The lowest BCUT2D eigenvalue weighted by Gasteiger charge is -2.17. The highest BCUT2D eigenvalue weighted by Gasteiger charge is 2.33. The molecule has 1 unspecified atom stereocenters. The van der Waals surface area contributed by atoms with Crippen molar-refractivity contribution >= 4 is 10.0 Å². The molecular formula is C14H18N2O3S. The van der Waals surface area contributed by atoms with Gasteiger partial charge in [0, 0.05) is 12.6 Å². The number of benzene rings is 1. The van der Waals surface area contributed by atoms with Crippen LogP contribution < -0.4 is 4.72 Å². The number of hydrogen-bond donors (Lipinski definition) is 2. The fourth-order valence-corrected chi connectivity index (χ4v) is 3.51. The Morgan fingerprint density at radius 2 is 2.00 bits per heavy atom. The number of aliphatic hydroxyl groups excluding tert-OH is 1. The van der Waals surface area contributed by atoms with Crippen molar-refractivity contribution in [2.24, 2.45) is 5.92 Å². The minimum atomic E-state index is -3.56. The van der Waals surface area contributed by atoms with E-state index in [1.54, 1.807) is 12.1 Å². The van der Waals surface area contributed by atoms with Gasteiger partial charge >= 0.3 is 0 Å². The van der Waals surface area contributed by atoms with Gasteiger partial charge in [-0.2, -0.15) is 5.26 Å². The molecule has 0 saturated heterocycles. The fourth-order valence-electron chi connectivity index (χ4n) is 2.17. The monoisotopic (exact) mass is 294 g/mol. The van der Waals surface area contributed by atoms with Crippen LogP contribution in [0.3, 0.4) is 0 Å². The molecule has 2 rings (SSSR count). The number of nitrogens with zero attached hydrogens (tertiary/aromatic N) is 1. The van der Waals surface area contributed by atoms with Crippen molar-refractivity contribution in [3.8, 4) is 6.07 Å². The topological polar surface area (TPSA) is 90.2 Å². The minimum absolute atomic E-state index is 0.0230. The quantitative estimate of drug-likeness (QED) is 0.790. The highest BCUT2D eigenvalue weighted by atomic mass is 32.2. The van der Waals surface area contributed by atoms with Gasteiger partial charge in [0.25, 0.3) is 0 Å². The van der Waals surface area contributed by atoms with Gasteiger partial charge in [0.05, 0.1) is 17.4 Å². The average Bonchev–Trinajstić information content (AvgIpc) is 3.23. The maximum atomic E-state index is 12.3. The molecule has 6 heteroatoms. The summed E-state index contributed by atoms with van der Waals surface area (Å²) in [4.78, 5) is 0.197. The summed E-state index contributed by atoms with van der Waals surface area (Å²) in [6, 6.07) is 8.15. The van der Waals surface area contributed by atoms with Crippen molar-refractivity contribution in [2.75, 3.05) is 6.61 Å². The minimum Gasteiger partial charge on any atom is -0.396 e. The first-order chi connectivity index (χ1) is 9.56. The summed E-state index contributed by atoms with van der Waals surface area (Å²) in [5, 5.41) is 17.6. The van der Waals surface area contributed by atoms with Crippen molar-refractivity contribution < 1.29 is 13.5 Å². The molecule has 0 aliphatic heterocycles. The molecule has 1 aliphatic carbocycles. The summed E-state index contributed by atoms with van der Waals surface area (Å²) >= 11 is 0. The van der Waals surface area contributed by atoms with Crippen molar-refractivity contribution in [1.82, 2.24) is 4.72 Å². The van der Waals surface area contributed by atoms with Gasteiger partial charge in [-0.05, 0) is 42.9 Å². The fraction of sp³-hybridized carbons (Fsp3) is 0.500. The SMILES string of the molecule is N#CCc1ccc(S(=O)(=O)NC(CCO)C2CC2)cc1. The average molecular weight is 294 g/mol. The van der Waals surface area contributed by atoms with Crippen LogP contribution in [0.4, 0.5) is 0 Å². The van der Waals surface area contributed by atoms with Crippen LogP contribution in [-0.2, 0) is 16.4 Å². The maximum absolute atomic E-state index is 12.3. The first-order valence-corrected chi connectivity index (χ1v) is 8.14. The van der Waals surface area contributed by atoms with Crippen LogP contribution in [0.2, 0.25) is 0 Å². The lowest BCUT2D eigenvalue weighted by Crippen LogP contribution is -2.37. The van der Waals surface area contributed by atoms with Gasteiger partial charge in [0.15, 0.2) is 0 Å². The van der Waals surface area contributed by atoms with E-state index in [-0.39, 0.29) is 24.0 Å². The van der Waals surface area contributed by atoms with Crippen LogP contribution in [-0.4, -0.2) is 26.2 Å². The molecule has 1 aromatic carbocycles. The predicted molar refractivity (Wildman–Crippen MR) is 74.3 cm³/mol. The van der Waals surface area contributed by atoms with E-state index >= 15 is 0 Å². The van der Waals surface area contributed by atoms with E-state index in [4.69, 9.17) is 10.4 Å². The summed E-state index contributed by atoms with van der Waals surface area (Å²) in [5.41, 5.74) is 0.792. The molecule has 1 saturated carbocycles. The molecule has 0 radical (unpaired) electrons. The van der Waals surface area contributed by atoms with E-state index in [2.05, 4.69) is 4.72 Å². The number of nitrogens with one attached hydrogen (secondary N) is 1. The number of sulfonamides is 1. The van der Waals surface area contributed by atoms with Crippen LogP contribution in [0.5, 0.6) is 0 Å². The predicted octanol–water partition coefficient (Wildman–Crippen LogP) is 1.19. The van der Waals surface area contributed by atoms with Crippen LogP contribution in [0.15, 0.2) is 29.2 Å². The van der Waals surface area contributed by atoms with Crippen LogP contribution in [0.25, 0.3) is 0 Å². The highest BCUT2D eigenvalue weighted by Crippen LogP contribution is 2.34. The van der Waals surface area contributed by atoms with Gasteiger partial charge in [-0.1, -0.05) is 12.1 Å². The van der Waals surface area contributed by atoms with E-state index in [1.165, 1.54) is 12.1 Å². The van der Waals surface area contributed by atoms with Gasteiger partial charge in [-0.15, -0.1) is 0 Å². The van der Waals surface area contributed by atoms with Crippen LogP contribution >= 0.6 is 0 Å². The standard InChI is InChI=1S/C14H18N2O3S/c15-9-7-11-1-5-13(6-2-11)20(18,19)16-14(8-10-17)12-3-4-12/h1-2,5-6,12,14,16-17H,3-4,7-8,10H2. The van der Waals surface area contributed by atoms with Gasteiger partial charge in [0.1, 0.15) is 0 Å². The summed E-state index contributed by atoms with van der Waals surface area (Å²) in [6.07, 6.45) is 2.72. The molecule has 1 atom stereocenters. The second-order valence-corrected chi connectivity index (χ2v) is 6.77. The van der Waals surface area contributed by atoms with Crippen LogP contribution in [0, 0.1) is 17.2 Å². The molecule has 0 spiro atoms. The Morgan fingerprint density at radius 1 is 1.35 bits per heavy atom. The molecule has 108 valence electrons. The summed E-state index contributed by atoms with van der Waals surface area (Å²) in [6.45, 7) is -0.0230. The third-order valence-electron chi connectivity index (χ3n) is 3.45. The third kappa shape index (κ3) is 3.79. The van der Waals surface area contributed by atoms with Gasteiger partial charge in [0.2, 0.25) is 10.0 Å². The molecule has 0 amide bonds. The van der Waals surface area contributed by atoms with Crippen molar-refractivity contribution in [1.29, 1.82) is 5.26 Å². The largest absolute Gasteiger partial charge is 0.396 e. The van der Waals surface area contributed by atoms with Crippen LogP contribution in [0.1, 0.15) is 24.8 Å². The zero-order chi connectivity index (χ0) is 14.6. The molecule has 5 nitrogen and oxygen atoms in total.